The van der Waals surface area contributed by atoms with Crippen LogP contribution >= 0.6 is 11.8 Å². The first kappa shape index (κ1) is 16.4. The van der Waals surface area contributed by atoms with Crippen LogP contribution in [0.5, 0.6) is 5.75 Å². The fourth-order valence-corrected chi connectivity index (χ4v) is 3.83. The van der Waals surface area contributed by atoms with Crippen molar-refractivity contribution in [1.82, 2.24) is 0 Å². The summed E-state index contributed by atoms with van der Waals surface area (Å²) in [5.41, 5.74) is 0. The van der Waals surface area contributed by atoms with Gasteiger partial charge in [0.2, 0.25) is 0 Å². The van der Waals surface area contributed by atoms with Crippen LogP contribution in [0.25, 0.3) is 0 Å². The molecule has 0 saturated heterocycles. The summed E-state index contributed by atoms with van der Waals surface area (Å²) in [5.74, 6) is 4.33. The zero-order chi connectivity index (χ0) is 15.1. The topological polar surface area (TPSA) is 9.23 Å². The van der Waals surface area contributed by atoms with E-state index >= 15 is 0 Å². The van der Waals surface area contributed by atoms with Gasteiger partial charge in [-0.15, -0.1) is 0 Å². The Bertz CT molecular complexity index is 469. The fraction of sp³-hybridized carbons (Fsp3) is 0.500. The van der Waals surface area contributed by atoms with Crippen LogP contribution in [0.15, 0.2) is 41.3 Å². The molecule has 3 heteroatoms. The van der Waals surface area contributed by atoms with Gasteiger partial charge in [-0.1, -0.05) is 13.0 Å². The standard InChI is InChI=1S/C18H24BOS/c1-14-4-3-5-16(10-14)11-15(2)12-21-18-8-6-17(7-9-18)20-13-19/h3,5-9,13-16H,4,10-12H2,1-2H3. The van der Waals surface area contributed by atoms with Crippen LogP contribution in [-0.2, 0) is 0 Å². The molecule has 0 saturated carbocycles. The third kappa shape index (κ3) is 5.74. The first-order valence-corrected chi connectivity index (χ1v) is 8.75. The third-order valence-electron chi connectivity index (χ3n) is 3.92. The molecule has 0 N–H and O–H groups in total. The van der Waals surface area contributed by atoms with Crippen LogP contribution in [0.1, 0.15) is 33.1 Å². The molecular formula is C18H24BOS. The summed E-state index contributed by atoms with van der Waals surface area (Å²) in [6.45, 7) is 4.72. The molecule has 1 radical (unpaired) electrons. The number of benzene rings is 1. The number of allylic oxidation sites excluding steroid dienone is 2. The Kier molecular flexibility index (Phi) is 6.63. The molecule has 111 valence electrons. The number of rotatable bonds is 7. The van der Waals surface area contributed by atoms with Crippen LogP contribution in [0.2, 0.25) is 0 Å². The van der Waals surface area contributed by atoms with Gasteiger partial charge < -0.3 is 0 Å². The predicted octanol–water partition coefficient (Wildman–Crippen LogP) is 4.71. The summed E-state index contributed by atoms with van der Waals surface area (Å²) >= 11 is 1.92. The first-order chi connectivity index (χ1) is 10.2. The average molecular weight is 299 g/mol. The van der Waals surface area contributed by atoms with E-state index in [4.69, 9.17) is 12.2 Å². The van der Waals surface area contributed by atoms with Crippen molar-refractivity contribution >= 4 is 25.4 Å². The second kappa shape index (κ2) is 8.48. The molecule has 3 unspecified atom stereocenters. The number of hydrogen-bond acceptors (Lipinski definition) is 2. The quantitative estimate of drug-likeness (QED) is 0.409. The minimum atomic E-state index is 0.739. The first-order valence-electron chi connectivity index (χ1n) is 7.77. The van der Waals surface area contributed by atoms with Crippen molar-refractivity contribution in [3.8, 4) is 5.75 Å². The maximum absolute atomic E-state index is 5.24. The van der Waals surface area contributed by atoms with Crippen LogP contribution in [0.3, 0.4) is 0 Å². The molecule has 0 amide bonds. The Morgan fingerprint density at radius 2 is 2.14 bits per heavy atom. The molecule has 0 aromatic heterocycles. The SMILES string of the molecule is [B]=COc1ccc(SCC(C)CC2C=CCC(C)C2)cc1. The van der Waals surface area contributed by atoms with Crippen LogP contribution in [0.4, 0.5) is 0 Å². The Hall–Kier alpha value is -0.955. The summed E-state index contributed by atoms with van der Waals surface area (Å²) in [7, 11) is 5.24. The van der Waals surface area contributed by atoms with Crippen LogP contribution in [0, 0.1) is 17.8 Å². The minimum absolute atomic E-state index is 0.739. The van der Waals surface area contributed by atoms with E-state index in [2.05, 4.69) is 38.1 Å². The second-order valence-corrected chi connectivity index (χ2v) is 7.24. The maximum atomic E-state index is 5.24. The van der Waals surface area contributed by atoms with Crippen molar-refractivity contribution in [2.75, 3.05) is 5.75 Å². The summed E-state index contributed by atoms with van der Waals surface area (Å²) in [5, 5.41) is 0. The Labute approximate surface area is 134 Å². The summed E-state index contributed by atoms with van der Waals surface area (Å²) in [6.07, 6.45) is 9.92. The summed E-state index contributed by atoms with van der Waals surface area (Å²) < 4.78 is 5.13. The molecule has 1 aromatic rings. The van der Waals surface area contributed by atoms with E-state index in [9.17, 15) is 0 Å². The van der Waals surface area contributed by atoms with Gasteiger partial charge >= 0.3 is 108 Å². The number of ether oxygens (including phenoxy) is 1. The van der Waals surface area contributed by atoms with Crippen LogP contribution < -0.4 is 4.74 Å². The van der Waals surface area contributed by atoms with Gasteiger partial charge in [0.25, 0.3) is 0 Å². The molecule has 0 heterocycles. The van der Waals surface area contributed by atoms with Gasteiger partial charge in [-0.3, -0.25) is 0 Å². The van der Waals surface area contributed by atoms with Gasteiger partial charge in [0.1, 0.15) is 0 Å². The van der Waals surface area contributed by atoms with E-state index in [1.165, 1.54) is 36.1 Å². The molecule has 3 atom stereocenters. The van der Waals surface area contributed by atoms with E-state index < -0.39 is 0 Å². The van der Waals surface area contributed by atoms with E-state index in [0.29, 0.717) is 0 Å². The van der Waals surface area contributed by atoms with Gasteiger partial charge in [-0.2, -0.15) is 0 Å². The molecule has 0 bridgehead atoms. The Morgan fingerprint density at radius 1 is 1.38 bits per heavy atom. The van der Waals surface area contributed by atoms with Gasteiger partial charge in [-0.25, -0.2) is 0 Å². The van der Waals surface area contributed by atoms with E-state index in [1.54, 1.807) is 0 Å². The van der Waals surface area contributed by atoms with E-state index in [0.717, 1.165) is 23.5 Å². The summed E-state index contributed by atoms with van der Waals surface area (Å²) in [6, 6.07) is 8.11. The summed E-state index contributed by atoms with van der Waals surface area (Å²) in [4.78, 5) is 1.29. The molecule has 1 nitrogen and oxygen atoms in total. The second-order valence-electron chi connectivity index (χ2n) is 6.14. The van der Waals surface area contributed by atoms with E-state index in [1.807, 2.05) is 23.9 Å². The van der Waals surface area contributed by atoms with Crippen molar-refractivity contribution in [1.29, 1.82) is 0 Å². The van der Waals surface area contributed by atoms with Crippen molar-refractivity contribution in [3.63, 3.8) is 0 Å². The van der Waals surface area contributed by atoms with Crippen molar-refractivity contribution in [2.45, 2.75) is 38.0 Å². The van der Waals surface area contributed by atoms with Gasteiger partial charge in [0.15, 0.2) is 0 Å². The molecule has 21 heavy (non-hydrogen) atoms. The number of thioether (sulfide) groups is 1. The molecule has 1 aromatic carbocycles. The van der Waals surface area contributed by atoms with Gasteiger partial charge in [-0.05, 0) is 12.3 Å². The molecule has 0 spiro atoms. The molecule has 0 fully saturated rings. The monoisotopic (exact) mass is 299 g/mol. The van der Waals surface area contributed by atoms with Crippen molar-refractivity contribution in [2.24, 2.45) is 17.8 Å². The van der Waals surface area contributed by atoms with Crippen molar-refractivity contribution in [3.05, 3.63) is 36.4 Å². The van der Waals surface area contributed by atoms with Crippen LogP contribution in [-0.4, -0.2) is 19.4 Å². The average Bonchev–Trinajstić information content (AvgIpc) is 2.47. The molecule has 2 rings (SSSR count). The molecule has 1 aliphatic carbocycles. The zero-order valence-corrected chi connectivity index (χ0v) is 13.8. The van der Waals surface area contributed by atoms with Gasteiger partial charge in [0.05, 0.1) is 0 Å². The van der Waals surface area contributed by atoms with E-state index in [-0.39, 0.29) is 0 Å². The molecule has 0 aliphatic heterocycles. The molecular weight excluding hydrogens is 275 g/mol. The Morgan fingerprint density at radius 3 is 2.81 bits per heavy atom. The van der Waals surface area contributed by atoms with Gasteiger partial charge in [0, 0.05) is 0 Å². The number of hydrogen-bond donors (Lipinski definition) is 0. The Balaban J connectivity index is 1.75. The predicted molar refractivity (Wildman–Crippen MR) is 94.4 cm³/mol. The van der Waals surface area contributed by atoms with Crippen molar-refractivity contribution < 1.29 is 4.74 Å². The normalized spacial score (nSPS) is 22.7. The fourth-order valence-electron chi connectivity index (χ4n) is 2.89. The molecule has 1 aliphatic rings. The third-order valence-corrected chi connectivity index (χ3v) is 5.26. The zero-order valence-electron chi connectivity index (χ0n) is 13.0.